The van der Waals surface area contributed by atoms with E-state index in [4.69, 9.17) is 22.1 Å². The van der Waals surface area contributed by atoms with Crippen LogP contribution >= 0.6 is 11.6 Å². The number of nitrogens with zero attached hydrogens (tertiary/aromatic N) is 2. The third kappa shape index (κ3) is 8.87. The Morgan fingerprint density at radius 1 is 0.973 bits per heavy atom. The highest BCUT2D eigenvalue weighted by Gasteiger charge is 2.19. The first kappa shape index (κ1) is 27.0. The second-order valence-corrected chi connectivity index (χ2v) is 7.97. The van der Waals surface area contributed by atoms with E-state index < -0.39 is 18.0 Å². The summed E-state index contributed by atoms with van der Waals surface area (Å²) < 4.78 is 5.73. The number of hydrogen-bond donors (Lipinski definition) is 6. The van der Waals surface area contributed by atoms with E-state index in [9.17, 15) is 14.4 Å². The van der Waals surface area contributed by atoms with Crippen LogP contribution in [0.15, 0.2) is 66.9 Å². The van der Waals surface area contributed by atoms with E-state index in [-0.39, 0.29) is 19.6 Å². The average molecular weight is 527 g/mol. The Labute approximate surface area is 218 Å². The quantitative estimate of drug-likeness (QED) is 0.207. The number of anilines is 2. The molecule has 1 heterocycles. The molecule has 0 spiro atoms. The van der Waals surface area contributed by atoms with E-state index in [2.05, 4.69) is 32.0 Å². The Morgan fingerprint density at radius 3 is 2.30 bits per heavy atom. The fourth-order valence-corrected chi connectivity index (χ4v) is 3.07. The minimum Gasteiger partial charge on any atom is -0.456 e. The molecule has 2 aromatic carbocycles. The molecule has 0 aliphatic heterocycles. The summed E-state index contributed by atoms with van der Waals surface area (Å²) in [5.41, 5.74) is 14.4. The van der Waals surface area contributed by atoms with Crippen LogP contribution in [0.25, 0.3) is 0 Å². The minimum atomic E-state index is -0.634. The van der Waals surface area contributed by atoms with Crippen molar-refractivity contribution in [3.8, 4) is 11.5 Å². The lowest BCUT2D eigenvalue weighted by Crippen LogP contribution is -2.53. The van der Waals surface area contributed by atoms with Crippen LogP contribution in [0.2, 0.25) is 5.02 Å². The zero-order chi connectivity index (χ0) is 26.6. The zero-order valence-electron chi connectivity index (χ0n) is 20.0. The van der Waals surface area contributed by atoms with Gasteiger partial charge in [0.2, 0.25) is 5.91 Å². The zero-order valence-corrected chi connectivity index (χ0v) is 20.7. The molecule has 0 fully saturated rings. The van der Waals surface area contributed by atoms with Crippen LogP contribution < -0.4 is 37.5 Å². The van der Waals surface area contributed by atoms with Gasteiger partial charge < -0.3 is 26.5 Å². The van der Waals surface area contributed by atoms with Crippen molar-refractivity contribution in [3.63, 3.8) is 0 Å². The van der Waals surface area contributed by atoms with E-state index in [1.807, 2.05) is 0 Å². The molecule has 0 unspecified atom stereocenters. The number of benzene rings is 2. The molecule has 7 N–H and O–H groups in total. The van der Waals surface area contributed by atoms with Crippen molar-refractivity contribution in [1.82, 2.24) is 26.2 Å². The Balaban J connectivity index is 1.42. The van der Waals surface area contributed by atoms with Gasteiger partial charge in [0.25, 0.3) is 0 Å². The summed E-state index contributed by atoms with van der Waals surface area (Å²) >= 11 is 5.86. The highest BCUT2D eigenvalue weighted by molar-refractivity contribution is 6.30. The number of nitrogens with two attached hydrogens (primary N) is 1. The van der Waals surface area contributed by atoms with Crippen molar-refractivity contribution in [2.24, 2.45) is 5.73 Å². The van der Waals surface area contributed by atoms with Crippen molar-refractivity contribution in [2.75, 3.05) is 23.8 Å². The number of aromatic nitrogens is 1. The molecule has 0 saturated heterocycles. The number of imide groups is 1. The predicted octanol–water partition coefficient (Wildman–Crippen LogP) is 3.20. The largest absolute Gasteiger partial charge is 0.456 e. The van der Waals surface area contributed by atoms with Gasteiger partial charge in [0.1, 0.15) is 17.3 Å². The van der Waals surface area contributed by atoms with Crippen LogP contribution in [-0.4, -0.2) is 40.9 Å². The lowest BCUT2D eigenvalue weighted by molar-refractivity contribution is -0.116. The van der Waals surface area contributed by atoms with Crippen LogP contribution in [-0.2, 0) is 11.3 Å². The average Bonchev–Trinajstić information content (AvgIpc) is 2.89. The predicted molar refractivity (Wildman–Crippen MR) is 140 cm³/mol. The number of halogens is 1. The van der Waals surface area contributed by atoms with Crippen molar-refractivity contribution < 1.29 is 19.1 Å². The first-order valence-electron chi connectivity index (χ1n) is 11.2. The number of ether oxygens (including phenoxy) is 1. The molecule has 0 saturated carbocycles. The number of urea groups is 2. The van der Waals surface area contributed by atoms with Gasteiger partial charge in [-0.05, 0) is 61.0 Å². The van der Waals surface area contributed by atoms with Gasteiger partial charge in [-0.3, -0.25) is 10.2 Å². The van der Waals surface area contributed by atoms with Gasteiger partial charge >= 0.3 is 12.1 Å². The summed E-state index contributed by atoms with van der Waals surface area (Å²) in [5.74, 6) is 1.08. The van der Waals surface area contributed by atoms with Gasteiger partial charge in [-0.25, -0.2) is 19.5 Å². The van der Waals surface area contributed by atoms with E-state index in [0.717, 1.165) is 10.5 Å². The molecule has 3 rings (SSSR count). The molecule has 0 bridgehead atoms. The Hall–Kier alpha value is -4.55. The Bertz CT molecular complexity index is 1190. The minimum absolute atomic E-state index is 0.00977. The lowest BCUT2D eigenvalue weighted by Gasteiger charge is -2.20. The number of hydrogen-bond acceptors (Lipinski definition) is 8. The molecule has 0 atom stereocenters. The van der Waals surface area contributed by atoms with Gasteiger partial charge in [-0.2, -0.15) is 0 Å². The molecular formula is C24H27ClN8O4. The number of rotatable bonds is 11. The van der Waals surface area contributed by atoms with E-state index in [1.54, 1.807) is 67.6 Å². The van der Waals surface area contributed by atoms with E-state index in [1.165, 1.54) is 6.20 Å². The Kier molecular flexibility index (Phi) is 9.88. The maximum atomic E-state index is 12.4. The standard InChI is InChI=1S/C24H27ClN8O4/c1-2-33(23(35)29-13-16-3-5-17(25)6-4-16)24(36)31-32-30-18-7-9-19(10-8-18)37-20-11-12-22(27-14-20)28-15-21(26)34/h3-12,14,30,32H,2,13,15H2,1H3,(H2,26,34)(H,27,28)(H,29,35)(H,31,36). The monoisotopic (exact) mass is 526 g/mol. The summed E-state index contributed by atoms with van der Waals surface area (Å²) in [7, 11) is 0. The van der Waals surface area contributed by atoms with Crippen molar-refractivity contribution in [1.29, 1.82) is 0 Å². The van der Waals surface area contributed by atoms with Gasteiger partial charge in [0.05, 0.1) is 18.4 Å². The summed E-state index contributed by atoms with van der Waals surface area (Å²) in [6.45, 7) is 2.10. The Morgan fingerprint density at radius 2 is 1.68 bits per heavy atom. The number of primary amides is 1. The van der Waals surface area contributed by atoms with Gasteiger partial charge in [0.15, 0.2) is 0 Å². The topological polar surface area (TPSA) is 163 Å². The van der Waals surface area contributed by atoms with E-state index in [0.29, 0.717) is 28.0 Å². The fourth-order valence-electron chi connectivity index (χ4n) is 2.94. The molecular weight excluding hydrogens is 500 g/mol. The molecule has 13 heteroatoms. The fraction of sp³-hybridized carbons (Fsp3) is 0.167. The van der Waals surface area contributed by atoms with Gasteiger partial charge in [-0.1, -0.05) is 23.7 Å². The van der Waals surface area contributed by atoms with Crippen LogP contribution in [0.3, 0.4) is 0 Å². The van der Waals surface area contributed by atoms with Crippen LogP contribution in [0, 0.1) is 0 Å². The third-order valence-corrected chi connectivity index (χ3v) is 5.06. The molecule has 3 aromatic rings. The maximum Gasteiger partial charge on any atom is 0.341 e. The summed E-state index contributed by atoms with van der Waals surface area (Å²) in [4.78, 5) is 40.8. The molecule has 0 radical (unpaired) electrons. The number of carbonyl (C=O) groups is 3. The molecule has 194 valence electrons. The number of hydrazine groups is 2. The molecule has 37 heavy (non-hydrogen) atoms. The highest BCUT2D eigenvalue weighted by Crippen LogP contribution is 2.23. The molecule has 1 aromatic heterocycles. The normalized spacial score (nSPS) is 10.2. The number of carbonyl (C=O) groups excluding carboxylic acids is 3. The number of pyridine rings is 1. The second kappa shape index (κ2) is 13.5. The first-order valence-corrected chi connectivity index (χ1v) is 11.6. The maximum absolute atomic E-state index is 12.4. The van der Waals surface area contributed by atoms with E-state index >= 15 is 0 Å². The van der Waals surface area contributed by atoms with Gasteiger partial charge in [-0.15, -0.1) is 5.53 Å². The second-order valence-electron chi connectivity index (χ2n) is 7.54. The van der Waals surface area contributed by atoms with Crippen molar-refractivity contribution >= 4 is 41.1 Å². The summed E-state index contributed by atoms with van der Waals surface area (Å²) in [6, 6.07) is 16.1. The number of nitrogens with one attached hydrogen (secondary N) is 5. The van der Waals surface area contributed by atoms with Crippen LogP contribution in [0.4, 0.5) is 21.1 Å². The van der Waals surface area contributed by atoms with Crippen molar-refractivity contribution in [2.45, 2.75) is 13.5 Å². The molecule has 12 nitrogen and oxygen atoms in total. The highest BCUT2D eigenvalue weighted by atomic mass is 35.5. The first-order chi connectivity index (χ1) is 17.8. The number of amides is 5. The molecule has 0 aliphatic carbocycles. The third-order valence-electron chi connectivity index (χ3n) is 4.81. The van der Waals surface area contributed by atoms with Crippen LogP contribution in [0.5, 0.6) is 11.5 Å². The lowest BCUT2D eigenvalue weighted by atomic mass is 10.2. The smallest absolute Gasteiger partial charge is 0.341 e. The molecule has 5 amide bonds. The van der Waals surface area contributed by atoms with Crippen molar-refractivity contribution in [3.05, 3.63) is 77.4 Å². The SMILES string of the molecule is CCN(C(=O)NCc1ccc(Cl)cc1)C(=O)NNNc1ccc(Oc2ccc(NCC(N)=O)nc2)cc1. The van der Waals surface area contributed by atoms with Crippen LogP contribution in [0.1, 0.15) is 12.5 Å². The summed E-state index contributed by atoms with van der Waals surface area (Å²) in [6.07, 6.45) is 1.51. The van der Waals surface area contributed by atoms with Gasteiger partial charge in [0, 0.05) is 18.1 Å². The summed E-state index contributed by atoms with van der Waals surface area (Å²) in [5, 5.41) is 6.08. The molecule has 0 aliphatic rings.